The molecule has 0 saturated heterocycles. The number of nitrogens with zero attached hydrogens (tertiary/aromatic N) is 4. The molecular weight excluding hydrogens is 290 g/mol. The second-order valence-corrected chi connectivity index (χ2v) is 5.25. The molecule has 6 heteroatoms. The molecule has 0 aliphatic carbocycles. The lowest BCUT2D eigenvalue weighted by Crippen LogP contribution is -2.12. The third-order valence-electron chi connectivity index (χ3n) is 3.71. The summed E-state index contributed by atoms with van der Waals surface area (Å²) in [5, 5.41) is 3.82. The van der Waals surface area contributed by atoms with E-state index in [0.717, 1.165) is 22.2 Å². The van der Waals surface area contributed by atoms with Crippen LogP contribution in [0.1, 0.15) is 10.4 Å². The summed E-state index contributed by atoms with van der Waals surface area (Å²) in [6.07, 6.45) is 4.96. The Balaban J connectivity index is 1.70. The SMILES string of the molecule is Cn1cnc2cc(C(=O)Nc3cccc4ncccc34)cnc21. The van der Waals surface area contributed by atoms with Crippen molar-refractivity contribution >= 4 is 33.7 Å². The molecule has 0 unspecified atom stereocenters. The van der Waals surface area contributed by atoms with Crippen LogP contribution in [-0.2, 0) is 7.05 Å². The lowest BCUT2D eigenvalue weighted by atomic mass is 10.1. The number of aryl methyl sites for hydroxylation is 1. The van der Waals surface area contributed by atoms with Crippen molar-refractivity contribution in [2.45, 2.75) is 0 Å². The van der Waals surface area contributed by atoms with Gasteiger partial charge in [-0.1, -0.05) is 6.07 Å². The van der Waals surface area contributed by atoms with E-state index in [9.17, 15) is 4.79 Å². The van der Waals surface area contributed by atoms with Crippen molar-refractivity contribution in [3.8, 4) is 0 Å². The maximum atomic E-state index is 12.5. The van der Waals surface area contributed by atoms with Gasteiger partial charge in [0.2, 0.25) is 0 Å². The highest BCUT2D eigenvalue weighted by molar-refractivity contribution is 6.09. The number of aromatic nitrogens is 4. The molecule has 0 spiro atoms. The van der Waals surface area contributed by atoms with Crippen LogP contribution in [0, 0.1) is 0 Å². The summed E-state index contributed by atoms with van der Waals surface area (Å²) < 4.78 is 1.81. The summed E-state index contributed by atoms with van der Waals surface area (Å²) in [4.78, 5) is 25.3. The van der Waals surface area contributed by atoms with Gasteiger partial charge in [-0.15, -0.1) is 0 Å². The lowest BCUT2D eigenvalue weighted by molar-refractivity contribution is 0.102. The van der Waals surface area contributed by atoms with Crippen molar-refractivity contribution in [3.63, 3.8) is 0 Å². The zero-order valence-corrected chi connectivity index (χ0v) is 12.4. The Morgan fingerprint density at radius 2 is 2.00 bits per heavy atom. The van der Waals surface area contributed by atoms with E-state index in [-0.39, 0.29) is 5.91 Å². The number of imidazole rings is 1. The van der Waals surface area contributed by atoms with E-state index in [4.69, 9.17) is 0 Å². The largest absolute Gasteiger partial charge is 0.321 e. The van der Waals surface area contributed by atoms with Gasteiger partial charge in [-0.05, 0) is 30.3 Å². The molecule has 112 valence electrons. The summed E-state index contributed by atoms with van der Waals surface area (Å²) in [6.45, 7) is 0. The third-order valence-corrected chi connectivity index (χ3v) is 3.71. The molecule has 1 amide bonds. The van der Waals surface area contributed by atoms with Gasteiger partial charge in [0.25, 0.3) is 5.91 Å². The number of hydrogen-bond donors (Lipinski definition) is 1. The molecule has 0 bridgehead atoms. The van der Waals surface area contributed by atoms with Gasteiger partial charge in [0.1, 0.15) is 5.52 Å². The van der Waals surface area contributed by atoms with Gasteiger partial charge in [0.15, 0.2) is 5.65 Å². The Morgan fingerprint density at radius 3 is 2.91 bits per heavy atom. The van der Waals surface area contributed by atoms with Crippen LogP contribution in [0.3, 0.4) is 0 Å². The predicted octanol–water partition coefficient (Wildman–Crippen LogP) is 2.77. The monoisotopic (exact) mass is 303 g/mol. The highest BCUT2D eigenvalue weighted by atomic mass is 16.1. The Labute approximate surface area is 131 Å². The van der Waals surface area contributed by atoms with Crippen molar-refractivity contribution in [1.82, 2.24) is 19.5 Å². The predicted molar refractivity (Wildman–Crippen MR) is 88.2 cm³/mol. The zero-order chi connectivity index (χ0) is 15.8. The summed E-state index contributed by atoms with van der Waals surface area (Å²) >= 11 is 0. The molecule has 0 radical (unpaired) electrons. The molecule has 6 nitrogen and oxygen atoms in total. The Hall–Kier alpha value is -3.28. The molecule has 0 atom stereocenters. The van der Waals surface area contributed by atoms with Crippen molar-refractivity contribution in [3.05, 3.63) is 60.7 Å². The van der Waals surface area contributed by atoms with Gasteiger partial charge in [-0.2, -0.15) is 0 Å². The number of nitrogens with one attached hydrogen (secondary N) is 1. The van der Waals surface area contributed by atoms with Crippen molar-refractivity contribution in [2.75, 3.05) is 5.32 Å². The molecule has 0 saturated carbocycles. The van der Waals surface area contributed by atoms with Crippen LogP contribution in [0.25, 0.3) is 22.1 Å². The molecule has 1 N–H and O–H groups in total. The minimum absolute atomic E-state index is 0.221. The highest BCUT2D eigenvalue weighted by Crippen LogP contribution is 2.22. The molecule has 3 aromatic heterocycles. The van der Waals surface area contributed by atoms with Crippen LogP contribution in [0.4, 0.5) is 5.69 Å². The van der Waals surface area contributed by atoms with Gasteiger partial charge in [-0.3, -0.25) is 9.78 Å². The molecular formula is C17H13N5O. The molecule has 0 aliphatic rings. The Morgan fingerprint density at radius 1 is 1.09 bits per heavy atom. The van der Waals surface area contributed by atoms with E-state index in [1.165, 1.54) is 0 Å². The van der Waals surface area contributed by atoms with E-state index in [2.05, 4.69) is 20.3 Å². The average molecular weight is 303 g/mol. The van der Waals surface area contributed by atoms with Crippen molar-refractivity contribution in [1.29, 1.82) is 0 Å². The number of rotatable bonds is 2. The first kappa shape index (κ1) is 13.4. The minimum Gasteiger partial charge on any atom is -0.321 e. The number of carbonyl (C=O) groups is 1. The van der Waals surface area contributed by atoms with Crippen molar-refractivity contribution < 1.29 is 4.79 Å². The van der Waals surface area contributed by atoms with Crippen LogP contribution in [-0.4, -0.2) is 25.4 Å². The highest BCUT2D eigenvalue weighted by Gasteiger charge is 2.11. The number of pyridine rings is 2. The molecule has 0 aliphatic heterocycles. The van der Waals surface area contributed by atoms with Crippen molar-refractivity contribution in [2.24, 2.45) is 7.05 Å². The number of benzene rings is 1. The lowest BCUT2D eigenvalue weighted by Gasteiger charge is -2.08. The molecule has 4 aromatic rings. The van der Waals surface area contributed by atoms with Gasteiger partial charge in [-0.25, -0.2) is 9.97 Å². The standard InChI is InChI=1S/C17H13N5O/c1-22-10-20-15-8-11(9-19-16(15)22)17(23)21-14-6-2-5-13-12(14)4-3-7-18-13/h2-10H,1H3,(H,21,23). The van der Waals surface area contributed by atoms with E-state index >= 15 is 0 Å². The van der Waals surface area contributed by atoms with Gasteiger partial charge >= 0.3 is 0 Å². The maximum Gasteiger partial charge on any atom is 0.257 e. The van der Waals surface area contributed by atoms with Crippen LogP contribution in [0.15, 0.2) is 55.1 Å². The topological polar surface area (TPSA) is 72.7 Å². The first-order chi connectivity index (χ1) is 11.2. The second kappa shape index (κ2) is 5.17. The zero-order valence-electron chi connectivity index (χ0n) is 12.4. The maximum absolute atomic E-state index is 12.5. The summed E-state index contributed by atoms with van der Waals surface area (Å²) in [5.74, 6) is -0.221. The third kappa shape index (κ3) is 2.30. The Kier molecular flexibility index (Phi) is 3.01. The molecule has 4 rings (SSSR count). The molecule has 1 aromatic carbocycles. The van der Waals surface area contributed by atoms with Crippen LogP contribution < -0.4 is 5.32 Å². The number of fused-ring (bicyclic) bond motifs is 2. The van der Waals surface area contributed by atoms with E-state index in [1.807, 2.05) is 41.9 Å². The smallest absolute Gasteiger partial charge is 0.257 e. The van der Waals surface area contributed by atoms with Gasteiger partial charge in [0, 0.05) is 24.8 Å². The summed E-state index contributed by atoms with van der Waals surface area (Å²) in [5.41, 5.74) is 3.47. The van der Waals surface area contributed by atoms with Gasteiger partial charge in [0.05, 0.1) is 23.1 Å². The first-order valence-electron chi connectivity index (χ1n) is 7.14. The molecule has 0 fully saturated rings. The minimum atomic E-state index is -0.221. The van der Waals surface area contributed by atoms with E-state index in [1.54, 1.807) is 24.8 Å². The van der Waals surface area contributed by atoms with E-state index < -0.39 is 0 Å². The van der Waals surface area contributed by atoms with Crippen LogP contribution in [0.5, 0.6) is 0 Å². The number of carbonyl (C=O) groups excluding carboxylic acids is 1. The normalized spacial score (nSPS) is 11.0. The fraction of sp³-hybridized carbons (Fsp3) is 0.0588. The van der Waals surface area contributed by atoms with Crippen LogP contribution in [0.2, 0.25) is 0 Å². The Bertz CT molecular complexity index is 1030. The van der Waals surface area contributed by atoms with Gasteiger partial charge < -0.3 is 9.88 Å². The second-order valence-electron chi connectivity index (χ2n) is 5.25. The number of amides is 1. The molecule has 3 heterocycles. The number of hydrogen-bond acceptors (Lipinski definition) is 4. The molecule has 23 heavy (non-hydrogen) atoms. The quantitative estimate of drug-likeness (QED) is 0.618. The fourth-order valence-corrected chi connectivity index (χ4v) is 2.55. The fourth-order valence-electron chi connectivity index (χ4n) is 2.55. The summed E-state index contributed by atoms with van der Waals surface area (Å²) in [6, 6.07) is 11.1. The first-order valence-corrected chi connectivity index (χ1v) is 7.14. The summed E-state index contributed by atoms with van der Waals surface area (Å²) in [7, 11) is 1.87. The van der Waals surface area contributed by atoms with E-state index in [0.29, 0.717) is 11.1 Å². The number of anilines is 1. The average Bonchev–Trinajstić information content (AvgIpc) is 2.96. The van der Waals surface area contributed by atoms with Crippen LogP contribution >= 0.6 is 0 Å².